The number of hydrogen-bond donors (Lipinski definition) is 0. The van der Waals surface area contributed by atoms with Crippen LogP contribution in [-0.2, 0) is 6.54 Å². The summed E-state index contributed by atoms with van der Waals surface area (Å²) < 4.78 is 0. The third-order valence-corrected chi connectivity index (χ3v) is 5.05. The first kappa shape index (κ1) is 19.3. The number of carbonyl (C=O) groups excluding carboxylic acids is 1. The highest BCUT2D eigenvalue weighted by Gasteiger charge is 2.22. The van der Waals surface area contributed by atoms with Crippen LogP contribution >= 0.6 is 0 Å². The van der Waals surface area contributed by atoms with E-state index in [1.165, 1.54) is 25.7 Å². The van der Waals surface area contributed by atoms with E-state index in [1.807, 2.05) is 49.9 Å². The van der Waals surface area contributed by atoms with Crippen molar-refractivity contribution < 1.29 is 4.79 Å². The summed E-state index contributed by atoms with van der Waals surface area (Å²) in [4.78, 5) is 26.5. The molecule has 1 fully saturated rings. The standard InChI is InChI=1S/C22H30N4O/c1-17(2)26(16-19-11-7-6-8-12-19)22(27)20-15-21(24-18(3)23-20)25-13-9-4-5-10-14-25/h6-8,11-12,15,17H,4-5,9-10,13-14,16H2,1-3H3. The molecule has 3 rings (SSSR count). The fourth-order valence-electron chi connectivity index (χ4n) is 3.54. The number of nitrogens with zero attached hydrogens (tertiary/aromatic N) is 4. The van der Waals surface area contributed by atoms with Crippen LogP contribution in [0.15, 0.2) is 36.4 Å². The summed E-state index contributed by atoms with van der Waals surface area (Å²) in [5.74, 6) is 1.51. The van der Waals surface area contributed by atoms with Crippen LogP contribution in [0.25, 0.3) is 0 Å². The number of carbonyl (C=O) groups is 1. The Morgan fingerprint density at radius 3 is 2.37 bits per heavy atom. The Morgan fingerprint density at radius 2 is 1.74 bits per heavy atom. The van der Waals surface area contributed by atoms with Crippen molar-refractivity contribution in [3.63, 3.8) is 0 Å². The van der Waals surface area contributed by atoms with Gasteiger partial charge in [0.2, 0.25) is 0 Å². The molecule has 1 aliphatic heterocycles. The molecule has 0 aliphatic carbocycles. The highest BCUT2D eigenvalue weighted by molar-refractivity contribution is 5.93. The van der Waals surface area contributed by atoms with Crippen LogP contribution in [0.2, 0.25) is 0 Å². The van der Waals surface area contributed by atoms with Crippen molar-refractivity contribution in [1.82, 2.24) is 14.9 Å². The van der Waals surface area contributed by atoms with E-state index in [2.05, 4.69) is 27.0 Å². The monoisotopic (exact) mass is 366 g/mol. The van der Waals surface area contributed by atoms with Gasteiger partial charge in [0.1, 0.15) is 17.3 Å². The van der Waals surface area contributed by atoms with E-state index >= 15 is 0 Å². The molecule has 1 aromatic carbocycles. The molecule has 27 heavy (non-hydrogen) atoms. The lowest BCUT2D eigenvalue weighted by molar-refractivity contribution is 0.0684. The maximum Gasteiger partial charge on any atom is 0.273 e. The summed E-state index contributed by atoms with van der Waals surface area (Å²) in [7, 11) is 0. The smallest absolute Gasteiger partial charge is 0.273 e. The summed E-state index contributed by atoms with van der Waals surface area (Å²) in [5, 5.41) is 0. The van der Waals surface area contributed by atoms with Gasteiger partial charge in [-0.05, 0) is 39.2 Å². The number of amides is 1. The van der Waals surface area contributed by atoms with E-state index in [1.54, 1.807) is 0 Å². The highest BCUT2D eigenvalue weighted by atomic mass is 16.2. The summed E-state index contributed by atoms with van der Waals surface area (Å²) >= 11 is 0. The van der Waals surface area contributed by atoms with Crippen LogP contribution < -0.4 is 4.90 Å². The molecule has 5 heteroatoms. The van der Waals surface area contributed by atoms with Gasteiger partial charge < -0.3 is 9.80 Å². The summed E-state index contributed by atoms with van der Waals surface area (Å²) in [6, 6.07) is 12.1. The fraction of sp³-hybridized carbons (Fsp3) is 0.500. The maximum absolute atomic E-state index is 13.3. The Morgan fingerprint density at radius 1 is 1.07 bits per heavy atom. The van der Waals surface area contributed by atoms with Crippen LogP contribution in [-0.4, -0.2) is 39.9 Å². The van der Waals surface area contributed by atoms with Gasteiger partial charge in [-0.25, -0.2) is 9.97 Å². The summed E-state index contributed by atoms with van der Waals surface area (Å²) in [6.07, 6.45) is 4.89. The second-order valence-electron chi connectivity index (χ2n) is 7.57. The van der Waals surface area contributed by atoms with Crippen LogP contribution in [0.4, 0.5) is 5.82 Å². The molecular formula is C22H30N4O. The molecule has 5 nitrogen and oxygen atoms in total. The van der Waals surface area contributed by atoms with Gasteiger partial charge in [-0.3, -0.25) is 4.79 Å². The van der Waals surface area contributed by atoms with E-state index in [-0.39, 0.29) is 11.9 Å². The largest absolute Gasteiger partial charge is 0.356 e. The van der Waals surface area contributed by atoms with Crippen molar-refractivity contribution in [1.29, 1.82) is 0 Å². The predicted molar refractivity (Wildman–Crippen MR) is 109 cm³/mol. The Balaban J connectivity index is 1.85. The van der Waals surface area contributed by atoms with Gasteiger partial charge in [-0.15, -0.1) is 0 Å². The number of aromatic nitrogens is 2. The maximum atomic E-state index is 13.3. The molecule has 1 aromatic heterocycles. The molecule has 0 spiro atoms. The molecular weight excluding hydrogens is 336 g/mol. The van der Waals surface area contributed by atoms with Crippen molar-refractivity contribution in [3.05, 3.63) is 53.5 Å². The molecule has 1 amide bonds. The van der Waals surface area contributed by atoms with Gasteiger partial charge in [0.05, 0.1) is 0 Å². The lowest BCUT2D eigenvalue weighted by Crippen LogP contribution is -2.37. The predicted octanol–water partition coefficient (Wildman–Crippen LogP) is 4.22. The van der Waals surface area contributed by atoms with Gasteiger partial charge in [0, 0.05) is 31.7 Å². The molecule has 0 saturated carbocycles. The van der Waals surface area contributed by atoms with Gasteiger partial charge >= 0.3 is 0 Å². The average molecular weight is 367 g/mol. The Hall–Kier alpha value is -2.43. The number of aryl methyl sites for hydroxylation is 1. The molecule has 0 radical (unpaired) electrons. The van der Waals surface area contributed by atoms with Gasteiger partial charge in [0.15, 0.2) is 0 Å². The second-order valence-corrected chi connectivity index (χ2v) is 7.57. The summed E-state index contributed by atoms with van der Waals surface area (Å²) in [5.41, 5.74) is 1.62. The van der Waals surface area contributed by atoms with E-state index in [0.29, 0.717) is 18.1 Å². The van der Waals surface area contributed by atoms with Crippen LogP contribution in [0.5, 0.6) is 0 Å². The first-order valence-corrected chi connectivity index (χ1v) is 10.00. The van der Waals surface area contributed by atoms with Crippen molar-refractivity contribution in [2.75, 3.05) is 18.0 Å². The van der Waals surface area contributed by atoms with E-state index in [0.717, 1.165) is 24.5 Å². The minimum atomic E-state index is -0.0320. The van der Waals surface area contributed by atoms with Crippen molar-refractivity contribution in [3.8, 4) is 0 Å². The zero-order chi connectivity index (χ0) is 19.2. The van der Waals surface area contributed by atoms with E-state index in [4.69, 9.17) is 0 Å². The topological polar surface area (TPSA) is 49.3 Å². The molecule has 0 atom stereocenters. The van der Waals surface area contributed by atoms with Crippen LogP contribution in [0, 0.1) is 6.92 Å². The molecule has 0 bridgehead atoms. The first-order chi connectivity index (χ1) is 13.0. The average Bonchev–Trinajstić information content (AvgIpc) is 2.95. The van der Waals surface area contributed by atoms with E-state index < -0.39 is 0 Å². The molecule has 2 heterocycles. The molecule has 0 unspecified atom stereocenters. The Labute approximate surface area is 162 Å². The van der Waals surface area contributed by atoms with Gasteiger partial charge in [-0.1, -0.05) is 43.2 Å². The minimum absolute atomic E-state index is 0.0320. The molecule has 1 aliphatic rings. The van der Waals surface area contributed by atoms with Gasteiger partial charge in [0.25, 0.3) is 5.91 Å². The molecule has 0 N–H and O–H groups in total. The molecule has 144 valence electrons. The number of hydrogen-bond acceptors (Lipinski definition) is 4. The second kappa shape index (κ2) is 8.98. The highest BCUT2D eigenvalue weighted by Crippen LogP contribution is 2.20. The Kier molecular flexibility index (Phi) is 6.43. The van der Waals surface area contributed by atoms with Crippen LogP contribution in [0.1, 0.15) is 61.4 Å². The van der Waals surface area contributed by atoms with Gasteiger partial charge in [-0.2, -0.15) is 0 Å². The normalized spacial score (nSPS) is 14.9. The number of rotatable bonds is 5. The third kappa shape index (κ3) is 5.06. The SMILES string of the molecule is Cc1nc(C(=O)N(Cc2ccccc2)C(C)C)cc(N2CCCCCC2)n1. The minimum Gasteiger partial charge on any atom is -0.356 e. The fourth-order valence-corrected chi connectivity index (χ4v) is 3.54. The zero-order valence-corrected chi connectivity index (χ0v) is 16.7. The zero-order valence-electron chi connectivity index (χ0n) is 16.7. The van der Waals surface area contributed by atoms with E-state index in [9.17, 15) is 4.79 Å². The lowest BCUT2D eigenvalue weighted by Gasteiger charge is -2.27. The van der Waals surface area contributed by atoms with Crippen LogP contribution in [0.3, 0.4) is 0 Å². The Bertz CT molecular complexity index is 752. The number of anilines is 1. The lowest BCUT2D eigenvalue weighted by atomic mass is 10.1. The quantitative estimate of drug-likeness (QED) is 0.795. The van der Waals surface area contributed by atoms with Crippen molar-refractivity contribution in [2.45, 2.75) is 59.0 Å². The number of benzene rings is 1. The summed E-state index contributed by atoms with van der Waals surface area (Å²) in [6.45, 7) is 8.55. The first-order valence-electron chi connectivity index (χ1n) is 10.00. The van der Waals surface area contributed by atoms with Crippen molar-refractivity contribution in [2.24, 2.45) is 0 Å². The molecule has 1 saturated heterocycles. The van der Waals surface area contributed by atoms with Crippen molar-refractivity contribution >= 4 is 11.7 Å². The third-order valence-electron chi connectivity index (χ3n) is 5.05. The molecule has 2 aromatic rings.